The number of methoxy groups -OCH3 is 1. The summed E-state index contributed by atoms with van der Waals surface area (Å²) in [4.78, 5) is 12.6. The predicted octanol–water partition coefficient (Wildman–Crippen LogP) is 4.09. The van der Waals surface area contributed by atoms with Gasteiger partial charge in [-0.25, -0.2) is 0 Å². The SMILES string of the molecule is COc1c(-c2ccccc2)oc2cc(C)c(C)cc2c1=O. The molecule has 0 N–H and O–H groups in total. The van der Waals surface area contributed by atoms with Gasteiger partial charge >= 0.3 is 0 Å². The van der Waals surface area contributed by atoms with Gasteiger partial charge in [-0.15, -0.1) is 0 Å². The van der Waals surface area contributed by atoms with Crippen molar-refractivity contribution in [2.24, 2.45) is 0 Å². The quantitative estimate of drug-likeness (QED) is 0.710. The Morgan fingerprint density at radius 1 is 1.00 bits per heavy atom. The average Bonchev–Trinajstić information content (AvgIpc) is 2.50. The maximum Gasteiger partial charge on any atom is 0.235 e. The van der Waals surface area contributed by atoms with E-state index < -0.39 is 0 Å². The number of hydrogen-bond donors (Lipinski definition) is 0. The summed E-state index contributed by atoms with van der Waals surface area (Å²) in [5.74, 6) is 0.718. The molecule has 0 fully saturated rings. The van der Waals surface area contributed by atoms with Crippen molar-refractivity contribution in [3.8, 4) is 17.1 Å². The smallest absolute Gasteiger partial charge is 0.235 e. The first-order valence-corrected chi connectivity index (χ1v) is 6.79. The van der Waals surface area contributed by atoms with Crippen LogP contribution in [0.25, 0.3) is 22.3 Å². The number of ether oxygens (including phenoxy) is 1. The summed E-state index contributed by atoms with van der Waals surface area (Å²) in [5.41, 5.74) is 3.43. The Morgan fingerprint density at radius 3 is 2.33 bits per heavy atom. The molecule has 0 spiro atoms. The molecule has 0 amide bonds. The lowest BCUT2D eigenvalue weighted by atomic mass is 10.1. The lowest BCUT2D eigenvalue weighted by molar-refractivity contribution is 0.398. The van der Waals surface area contributed by atoms with Gasteiger partial charge in [-0.2, -0.15) is 0 Å². The first kappa shape index (κ1) is 13.4. The second kappa shape index (κ2) is 5.09. The zero-order valence-electron chi connectivity index (χ0n) is 12.3. The van der Waals surface area contributed by atoms with Crippen molar-refractivity contribution in [3.05, 3.63) is 63.8 Å². The molecule has 0 unspecified atom stereocenters. The van der Waals surface area contributed by atoms with Crippen LogP contribution < -0.4 is 10.2 Å². The molecule has 3 rings (SSSR count). The van der Waals surface area contributed by atoms with Crippen molar-refractivity contribution in [2.75, 3.05) is 7.11 Å². The monoisotopic (exact) mass is 280 g/mol. The molecule has 0 aliphatic carbocycles. The van der Waals surface area contributed by atoms with Crippen molar-refractivity contribution in [3.63, 3.8) is 0 Å². The van der Waals surface area contributed by atoms with E-state index in [0.29, 0.717) is 16.7 Å². The minimum atomic E-state index is -0.138. The minimum Gasteiger partial charge on any atom is -0.490 e. The van der Waals surface area contributed by atoms with Gasteiger partial charge in [-0.3, -0.25) is 4.79 Å². The van der Waals surface area contributed by atoms with Crippen LogP contribution in [0.1, 0.15) is 11.1 Å². The molecule has 0 saturated carbocycles. The molecule has 0 aliphatic rings. The number of hydrogen-bond acceptors (Lipinski definition) is 3. The molecule has 106 valence electrons. The normalized spacial score (nSPS) is 10.8. The van der Waals surface area contributed by atoms with Gasteiger partial charge in [0.1, 0.15) is 5.58 Å². The summed E-state index contributed by atoms with van der Waals surface area (Å²) < 4.78 is 11.3. The van der Waals surface area contributed by atoms with E-state index in [-0.39, 0.29) is 11.2 Å². The summed E-state index contributed by atoms with van der Waals surface area (Å²) in [7, 11) is 1.49. The maximum atomic E-state index is 12.6. The number of rotatable bonds is 2. The molecule has 1 heterocycles. The molecule has 0 saturated heterocycles. The summed E-state index contributed by atoms with van der Waals surface area (Å²) in [6.45, 7) is 3.98. The van der Waals surface area contributed by atoms with Gasteiger partial charge in [0.25, 0.3) is 0 Å². The largest absolute Gasteiger partial charge is 0.490 e. The summed E-state index contributed by atoms with van der Waals surface area (Å²) in [5, 5.41) is 0.551. The molecule has 0 aliphatic heterocycles. The van der Waals surface area contributed by atoms with Crippen LogP contribution in [0.3, 0.4) is 0 Å². The lowest BCUT2D eigenvalue weighted by Crippen LogP contribution is -2.08. The summed E-state index contributed by atoms with van der Waals surface area (Å²) in [6.07, 6.45) is 0. The third kappa shape index (κ3) is 2.21. The second-order valence-electron chi connectivity index (χ2n) is 5.09. The lowest BCUT2D eigenvalue weighted by Gasteiger charge is -2.10. The van der Waals surface area contributed by atoms with Crippen molar-refractivity contribution in [2.45, 2.75) is 13.8 Å². The van der Waals surface area contributed by atoms with Crippen LogP contribution in [0.4, 0.5) is 0 Å². The Hall–Kier alpha value is -2.55. The molecule has 0 atom stereocenters. The van der Waals surface area contributed by atoms with Gasteiger partial charge in [0, 0.05) is 5.56 Å². The number of fused-ring (bicyclic) bond motifs is 1. The minimum absolute atomic E-state index is 0.138. The highest BCUT2D eigenvalue weighted by molar-refractivity contribution is 5.83. The highest BCUT2D eigenvalue weighted by Gasteiger charge is 2.17. The van der Waals surface area contributed by atoms with Gasteiger partial charge in [0.05, 0.1) is 12.5 Å². The van der Waals surface area contributed by atoms with Crippen LogP contribution in [-0.4, -0.2) is 7.11 Å². The fraction of sp³-hybridized carbons (Fsp3) is 0.167. The molecule has 0 radical (unpaired) electrons. The fourth-order valence-electron chi connectivity index (χ4n) is 2.40. The van der Waals surface area contributed by atoms with E-state index in [1.54, 1.807) is 0 Å². The van der Waals surface area contributed by atoms with E-state index in [0.717, 1.165) is 16.7 Å². The standard InChI is InChI=1S/C18H16O3/c1-11-9-14-15(10-12(11)2)21-17(18(20-3)16(14)19)13-7-5-4-6-8-13/h4-10H,1-3H3. The van der Waals surface area contributed by atoms with Gasteiger partial charge in [-0.1, -0.05) is 30.3 Å². The summed E-state index contributed by atoms with van der Waals surface area (Å²) >= 11 is 0. The fourth-order valence-corrected chi connectivity index (χ4v) is 2.40. The molecule has 3 nitrogen and oxygen atoms in total. The molecule has 1 aromatic heterocycles. The highest BCUT2D eigenvalue weighted by Crippen LogP contribution is 2.31. The molecule has 0 bridgehead atoms. The van der Waals surface area contributed by atoms with E-state index in [1.165, 1.54) is 7.11 Å². The van der Waals surface area contributed by atoms with Crippen molar-refractivity contribution in [1.82, 2.24) is 0 Å². The van der Waals surface area contributed by atoms with Crippen LogP contribution >= 0.6 is 0 Å². The third-order valence-electron chi connectivity index (χ3n) is 3.71. The Bertz CT molecular complexity index is 861. The van der Waals surface area contributed by atoms with Gasteiger partial charge in [0.15, 0.2) is 5.76 Å². The number of benzene rings is 2. The molecule has 21 heavy (non-hydrogen) atoms. The molecular formula is C18H16O3. The van der Waals surface area contributed by atoms with Crippen molar-refractivity contribution in [1.29, 1.82) is 0 Å². The van der Waals surface area contributed by atoms with E-state index in [2.05, 4.69) is 0 Å². The molecule has 3 aromatic rings. The zero-order valence-corrected chi connectivity index (χ0v) is 12.3. The topological polar surface area (TPSA) is 39.4 Å². The third-order valence-corrected chi connectivity index (χ3v) is 3.71. The van der Waals surface area contributed by atoms with Gasteiger partial charge in [0.2, 0.25) is 11.2 Å². The first-order chi connectivity index (χ1) is 10.1. The molecular weight excluding hydrogens is 264 g/mol. The van der Waals surface area contributed by atoms with Crippen molar-refractivity contribution < 1.29 is 9.15 Å². The Morgan fingerprint density at radius 2 is 1.67 bits per heavy atom. The maximum absolute atomic E-state index is 12.6. The van der Waals surface area contributed by atoms with E-state index in [4.69, 9.17) is 9.15 Å². The van der Waals surface area contributed by atoms with E-state index in [9.17, 15) is 4.79 Å². The zero-order chi connectivity index (χ0) is 15.0. The van der Waals surface area contributed by atoms with E-state index >= 15 is 0 Å². The Labute approximate surface area is 122 Å². The van der Waals surface area contributed by atoms with E-state index in [1.807, 2.05) is 56.3 Å². The molecule has 3 heteroatoms. The average molecular weight is 280 g/mol. The predicted molar refractivity (Wildman–Crippen MR) is 83.9 cm³/mol. The van der Waals surface area contributed by atoms with Gasteiger partial charge in [-0.05, 0) is 37.1 Å². The van der Waals surface area contributed by atoms with Gasteiger partial charge < -0.3 is 9.15 Å². The number of aryl methyl sites for hydroxylation is 2. The van der Waals surface area contributed by atoms with Crippen LogP contribution in [0.15, 0.2) is 51.7 Å². The van der Waals surface area contributed by atoms with Crippen LogP contribution in [0, 0.1) is 13.8 Å². The van der Waals surface area contributed by atoms with Crippen LogP contribution in [-0.2, 0) is 0 Å². The summed E-state index contributed by atoms with van der Waals surface area (Å²) in [6, 6.07) is 13.3. The van der Waals surface area contributed by atoms with Crippen LogP contribution in [0.5, 0.6) is 5.75 Å². The Balaban J connectivity index is 2.41. The molecule has 2 aromatic carbocycles. The first-order valence-electron chi connectivity index (χ1n) is 6.79. The van der Waals surface area contributed by atoms with Crippen molar-refractivity contribution >= 4 is 11.0 Å². The van der Waals surface area contributed by atoms with Crippen LogP contribution in [0.2, 0.25) is 0 Å². The Kier molecular flexibility index (Phi) is 3.26. The highest BCUT2D eigenvalue weighted by atomic mass is 16.5. The second-order valence-corrected chi connectivity index (χ2v) is 5.09.